The van der Waals surface area contributed by atoms with Gasteiger partial charge in [0.05, 0.1) is 10.6 Å². The Balaban J connectivity index is 1.94. The Kier molecular flexibility index (Phi) is 6.19. The van der Waals surface area contributed by atoms with Crippen LogP contribution in [-0.2, 0) is 4.79 Å². The van der Waals surface area contributed by atoms with Gasteiger partial charge in [0, 0.05) is 15.1 Å². The van der Waals surface area contributed by atoms with Crippen molar-refractivity contribution in [2.24, 2.45) is 0 Å². The van der Waals surface area contributed by atoms with Crippen LogP contribution in [0.1, 0.15) is 5.56 Å². The molecule has 0 aromatic heterocycles. The lowest BCUT2D eigenvalue weighted by molar-refractivity contribution is -0.113. The Morgan fingerprint density at radius 1 is 1.27 bits per heavy atom. The predicted octanol–water partition coefficient (Wildman–Crippen LogP) is 6.07. The van der Waals surface area contributed by atoms with E-state index in [1.54, 1.807) is 36.4 Å². The molecular weight excluding hydrogens is 454 g/mol. The zero-order valence-electron chi connectivity index (χ0n) is 13.4. The summed E-state index contributed by atoms with van der Waals surface area (Å²) >= 11 is 16.0. The lowest BCUT2D eigenvalue weighted by Crippen LogP contribution is -2.27. The zero-order chi connectivity index (χ0) is 18.7. The average molecular weight is 467 g/mol. The van der Waals surface area contributed by atoms with E-state index in [4.69, 9.17) is 28.6 Å². The molecule has 132 valence electrons. The van der Waals surface area contributed by atoms with E-state index in [0.29, 0.717) is 32.3 Å². The normalized spacial score (nSPS) is 15.6. The fourth-order valence-electron chi connectivity index (χ4n) is 2.33. The lowest BCUT2D eigenvalue weighted by atomic mass is 10.2. The summed E-state index contributed by atoms with van der Waals surface area (Å²) in [5, 5.41) is 0.605. The number of anilines is 1. The fraction of sp³-hybridized carbons (Fsp3) is 0.0526. The summed E-state index contributed by atoms with van der Waals surface area (Å²) < 4.78 is 7.04. The van der Waals surface area contributed by atoms with Gasteiger partial charge >= 0.3 is 0 Å². The fourth-order valence-corrected chi connectivity index (χ4v) is 4.13. The molecule has 0 saturated carbocycles. The molecule has 26 heavy (non-hydrogen) atoms. The summed E-state index contributed by atoms with van der Waals surface area (Å²) in [6.07, 6.45) is 3.46. The molecule has 1 heterocycles. The molecule has 0 atom stereocenters. The molecule has 1 fully saturated rings. The molecule has 0 N–H and O–H groups in total. The second-order valence-electron chi connectivity index (χ2n) is 5.28. The maximum absolute atomic E-state index is 12.9. The minimum absolute atomic E-state index is 0.169. The summed E-state index contributed by atoms with van der Waals surface area (Å²) in [6, 6.07) is 12.6. The number of thioether (sulfide) groups is 1. The molecule has 0 bridgehead atoms. The van der Waals surface area contributed by atoms with Crippen molar-refractivity contribution in [1.82, 2.24) is 0 Å². The molecule has 0 unspecified atom stereocenters. The van der Waals surface area contributed by atoms with Crippen LogP contribution in [-0.4, -0.2) is 16.8 Å². The van der Waals surface area contributed by atoms with Gasteiger partial charge < -0.3 is 4.74 Å². The van der Waals surface area contributed by atoms with Gasteiger partial charge in [-0.1, -0.05) is 64.2 Å². The van der Waals surface area contributed by atoms with Gasteiger partial charge in [-0.05, 0) is 48.5 Å². The summed E-state index contributed by atoms with van der Waals surface area (Å²) in [7, 11) is 0. The third kappa shape index (κ3) is 4.20. The molecule has 0 spiro atoms. The number of nitrogens with zero attached hydrogens (tertiary/aromatic N) is 1. The molecule has 2 aromatic carbocycles. The molecule has 2 aromatic rings. The quantitative estimate of drug-likeness (QED) is 0.304. The van der Waals surface area contributed by atoms with Crippen molar-refractivity contribution in [3.8, 4) is 5.75 Å². The Bertz CT molecular complexity index is 912. The number of hydrogen-bond donors (Lipinski definition) is 0. The van der Waals surface area contributed by atoms with E-state index in [-0.39, 0.29) is 5.91 Å². The van der Waals surface area contributed by atoms with E-state index in [1.807, 2.05) is 18.2 Å². The standard InChI is InChI=1S/C19H13BrClNO2S2/c1-2-9-24-16-8-3-13(20)10-12(16)11-17-18(23)22(19(25)26-17)15-6-4-14(21)5-7-15/h2-8,10-11H,1,9H2/b17-11-. The number of halogens is 2. The van der Waals surface area contributed by atoms with Crippen LogP contribution in [0, 0.1) is 0 Å². The second-order valence-corrected chi connectivity index (χ2v) is 8.30. The molecule has 1 aliphatic heterocycles. The first-order valence-corrected chi connectivity index (χ1v) is 9.96. The summed E-state index contributed by atoms with van der Waals surface area (Å²) in [6.45, 7) is 4.04. The lowest BCUT2D eigenvalue weighted by Gasteiger charge is -2.14. The smallest absolute Gasteiger partial charge is 0.270 e. The van der Waals surface area contributed by atoms with Gasteiger partial charge in [-0.2, -0.15) is 0 Å². The van der Waals surface area contributed by atoms with Crippen LogP contribution in [0.2, 0.25) is 5.02 Å². The van der Waals surface area contributed by atoms with Gasteiger partial charge in [0.25, 0.3) is 5.91 Å². The van der Waals surface area contributed by atoms with Crippen LogP contribution < -0.4 is 9.64 Å². The zero-order valence-corrected chi connectivity index (χ0v) is 17.4. The van der Waals surface area contributed by atoms with Gasteiger partial charge in [-0.15, -0.1) is 0 Å². The molecule has 1 saturated heterocycles. The van der Waals surface area contributed by atoms with Crippen molar-refractivity contribution >= 4 is 73.5 Å². The van der Waals surface area contributed by atoms with E-state index in [1.165, 1.54) is 16.7 Å². The highest BCUT2D eigenvalue weighted by Crippen LogP contribution is 2.37. The van der Waals surface area contributed by atoms with Gasteiger partial charge in [-0.25, -0.2) is 0 Å². The van der Waals surface area contributed by atoms with Crippen molar-refractivity contribution < 1.29 is 9.53 Å². The third-order valence-electron chi connectivity index (χ3n) is 3.49. The number of carbonyl (C=O) groups excluding carboxylic acids is 1. The first kappa shape index (κ1) is 19.2. The van der Waals surface area contributed by atoms with E-state index < -0.39 is 0 Å². The van der Waals surface area contributed by atoms with Crippen molar-refractivity contribution in [2.45, 2.75) is 0 Å². The first-order valence-electron chi connectivity index (χ1n) is 7.56. The SMILES string of the molecule is C=CCOc1ccc(Br)cc1/C=C1\SC(=S)N(c2ccc(Cl)cc2)C1=O. The Hall–Kier alpha value is -1.60. The van der Waals surface area contributed by atoms with Crippen LogP contribution >= 0.6 is 51.5 Å². The van der Waals surface area contributed by atoms with Crippen molar-refractivity contribution in [3.05, 3.63) is 75.1 Å². The molecule has 1 amide bonds. The largest absolute Gasteiger partial charge is 0.489 e. The Labute approximate surface area is 174 Å². The topological polar surface area (TPSA) is 29.5 Å². The van der Waals surface area contributed by atoms with E-state index >= 15 is 0 Å². The number of amides is 1. The maximum Gasteiger partial charge on any atom is 0.270 e. The summed E-state index contributed by atoms with van der Waals surface area (Å²) in [5.41, 5.74) is 1.48. The summed E-state index contributed by atoms with van der Waals surface area (Å²) in [4.78, 5) is 14.9. The van der Waals surface area contributed by atoms with Crippen LogP contribution in [0.15, 0.2) is 64.5 Å². The first-order chi connectivity index (χ1) is 12.5. The Morgan fingerprint density at radius 2 is 2.00 bits per heavy atom. The molecule has 0 radical (unpaired) electrons. The highest BCUT2D eigenvalue weighted by molar-refractivity contribution is 9.10. The molecule has 0 aliphatic carbocycles. The number of hydrogen-bond acceptors (Lipinski definition) is 4. The molecule has 1 aliphatic rings. The third-order valence-corrected chi connectivity index (χ3v) is 5.54. The Morgan fingerprint density at radius 3 is 2.69 bits per heavy atom. The van der Waals surface area contributed by atoms with Crippen LogP contribution in [0.4, 0.5) is 5.69 Å². The van der Waals surface area contributed by atoms with Crippen LogP contribution in [0.5, 0.6) is 5.75 Å². The number of benzene rings is 2. The van der Waals surface area contributed by atoms with Gasteiger partial charge in [0.2, 0.25) is 0 Å². The highest BCUT2D eigenvalue weighted by atomic mass is 79.9. The van der Waals surface area contributed by atoms with Gasteiger partial charge in [0.15, 0.2) is 4.32 Å². The molecule has 7 heteroatoms. The number of carbonyl (C=O) groups is 1. The second kappa shape index (κ2) is 8.39. The number of thiocarbonyl (C=S) groups is 1. The van der Waals surface area contributed by atoms with Crippen LogP contribution in [0.25, 0.3) is 6.08 Å². The molecule has 3 rings (SSSR count). The van der Waals surface area contributed by atoms with E-state index in [2.05, 4.69) is 22.5 Å². The number of rotatable bonds is 5. The molecular formula is C19H13BrClNO2S2. The summed E-state index contributed by atoms with van der Waals surface area (Å²) in [5.74, 6) is 0.502. The van der Waals surface area contributed by atoms with Gasteiger partial charge in [0.1, 0.15) is 12.4 Å². The predicted molar refractivity (Wildman–Crippen MR) is 117 cm³/mol. The number of ether oxygens (including phenoxy) is 1. The maximum atomic E-state index is 12.9. The minimum atomic E-state index is -0.169. The van der Waals surface area contributed by atoms with Gasteiger partial charge in [-0.3, -0.25) is 9.69 Å². The monoisotopic (exact) mass is 465 g/mol. The van der Waals surface area contributed by atoms with E-state index in [9.17, 15) is 4.79 Å². The minimum Gasteiger partial charge on any atom is -0.489 e. The average Bonchev–Trinajstić information content (AvgIpc) is 2.89. The van der Waals surface area contributed by atoms with Crippen molar-refractivity contribution in [1.29, 1.82) is 0 Å². The van der Waals surface area contributed by atoms with Crippen molar-refractivity contribution in [3.63, 3.8) is 0 Å². The van der Waals surface area contributed by atoms with E-state index in [0.717, 1.165) is 10.0 Å². The molecule has 3 nitrogen and oxygen atoms in total. The highest BCUT2D eigenvalue weighted by Gasteiger charge is 2.33. The van der Waals surface area contributed by atoms with Crippen molar-refractivity contribution in [2.75, 3.05) is 11.5 Å². The van der Waals surface area contributed by atoms with Crippen LogP contribution in [0.3, 0.4) is 0 Å².